The summed E-state index contributed by atoms with van der Waals surface area (Å²) in [6.45, 7) is 6.27. The molecule has 0 bridgehead atoms. The Balaban J connectivity index is 1.76. The molecule has 3 rings (SSSR count). The van der Waals surface area contributed by atoms with Crippen LogP contribution in [0.15, 0.2) is 48.8 Å². The molecule has 0 saturated carbocycles. The fourth-order valence-electron chi connectivity index (χ4n) is 2.69. The molecule has 2 aromatic heterocycles. The van der Waals surface area contributed by atoms with Gasteiger partial charge in [-0.25, -0.2) is 4.98 Å². The molecule has 0 atom stereocenters. The summed E-state index contributed by atoms with van der Waals surface area (Å²) >= 11 is 0. The quantitative estimate of drug-likeness (QED) is 0.793. The van der Waals surface area contributed by atoms with Crippen molar-refractivity contribution >= 4 is 17.2 Å². The second kappa shape index (κ2) is 6.24. The van der Waals surface area contributed by atoms with Crippen LogP contribution in [0.1, 0.15) is 36.6 Å². The van der Waals surface area contributed by atoms with Crippen LogP contribution in [-0.2, 0) is 11.2 Å². The van der Waals surface area contributed by atoms with Crippen LogP contribution in [0.5, 0.6) is 0 Å². The van der Waals surface area contributed by atoms with Crippen LogP contribution in [0.3, 0.4) is 0 Å². The molecule has 0 aliphatic rings. The fraction of sp³-hybridized carbons (Fsp3) is 0.263. The van der Waals surface area contributed by atoms with E-state index in [2.05, 4.69) is 24.1 Å². The Bertz CT molecular complexity index is 849. The molecule has 1 amide bonds. The predicted octanol–water partition coefficient (Wildman–Crippen LogP) is 3.95. The van der Waals surface area contributed by atoms with Gasteiger partial charge in [0.25, 0.3) is 0 Å². The van der Waals surface area contributed by atoms with E-state index in [1.165, 1.54) is 0 Å². The number of benzene rings is 1. The molecule has 0 aliphatic heterocycles. The number of carbonyl (C=O) groups is 1. The summed E-state index contributed by atoms with van der Waals surface area (Å²) in [6.07, 6.45) is 4.14. The molecule has 0 unspecified atom stereocenters. The van der Waals surface area contributed by atoms with Crippen LogP contribution >= 0.6 is 0 Å². The van der Waals surface area contributed by atoms with Crippen LogP contribution in [0.4, 0.5) is 5.69 Å². The number of nitrogens with zero attached hydrogens (tertiary/aromatic N) is 2. The van der Waals surface area contributed by atoms with Gasteiger partial charge in [0.1, 0.15) is 5.65 Å². The highest BCUT2D eigenvalue weighted by Gasteiger charge is 2.11. The average molecular weight is 307 g/mol. The summed E-state index contributed by atoms with van der Waals surface area (Å²) in [6, 6.07) is 12.0. The number of amides is 1. The Morgan fingerprint density at radius 2 is 2.04 bits per heavy atom. The number of carbonyl (C=O) groups excluding carboxylic acids is 1. The highest BCUT2D eigenvalue weighted by molar-refractivity contribution is 5.92. The largest absolute Gasteiger partial charge is 0.325 e. The molecule has 3 aromatic rings. The Hall–Kier alpha value is -2.62. The molecule has 2 heterocycles. The van der Waals surface area contributed by atoms with E-state index in [9.17, 15) is 4.79 Å². The number of rotatable bonds is 4. The topological polar surface area (TPSA) is 46.4 Å². The van der Waals surface area contributed by atoms with Crippen molar-refractivity contribution in [3.8, 4) is 0 Å². The smallest absolute Gasteiger partial charge is 0.230 e. The molecule has 0 aliphatic carbocycles. The molecular formula is C19H21N3O. The minimum atomic E-state index is -0.0433. The van der Waals surface area contributed by atoms with E-state index in [1.807, 2.05) is 60.1 Å². The molecule has 0 fully saturated rings. The number of fused-ring (bicyclic) bond motifs is 1. The van der Waals surface area contributed by atoms with Crippen molar-refractivity contribution in [2.45, 2.75) is 33.1 Å². The Morgan fingerprint density at radius 1 is 1.26 bits per heavy atom. The second-order valence-electron chi connectivity index (χ2n) is 6.17. The zero-order valence-electron chi connectivity index (χ0n) is 13.7. The van der Waals surface area contributed by atoms with Gasteiger partial charge >= 0.3 is 0 Å². The Morgan fingerprint density at radius 3 is 2.83 bits per heavy atom. The molecule has 1 aromatic carbocycles. The standard InChI is InChI=1S/C19H21N3O/c1-13(2)16-6-4-5-7-17(16)21-19(23)11-15-12-22-9-8-14(3)10-18(22)20-15/h4-10,12-13H,11H2,1-3H3,(H,21,23). The first-order chi connectivity index (χ1) is 11.0. The molecule has 1 N–H and O–H groups in total. The van der Waals surface area contributed by atoms with Crippen molar-refractivity contribution in [3.63, 3.8) is 0 Å². The lowest BCUT2D eigenvalue weighted by atomic mass is 10.0. The fourth-order valence-corrected chi connectivity index (χ4v) is 2.69. The Kier molecular flexibility index (Phi) is 4.15. The van der Waals surface area contributed by atoms with Crippen LogP contribution in [0, 0.1) is 6.92 Å². The van der Waals surface area contributed by atoms with E-state index in [-0.39, 0.29) is 12.3 Å². The minimum Gasteiger partial charge on any atom is -0.325 e. The number of para-hydroxylation sites is 1. The maximum absolute atomic E-state index is 12.3. The number of nitrogens with one attached hydrogen (secondary N) is 1. The van der Waals surface area contributed by atoms with Crippen molar-refractivity contribution in [2.24, 2.45) is 0 Å². The lowest BCUT2D eigenvalue weighted by Gasteiger charge is -2.13. The molecule has 0 spiro atoms. The number of anilines is 1. The van der Waals surface area contributed by atoms with E-state index >= 15 is 0 Å². The third-order valence-electron chi connectivity index (χ3n) is 3.86. The zero-order valence-corrected chi connectivity index (χ0v) is 13.7. The van der Waals surface area contributed by atoms with Crippen molar-refractivity contribution in [3.05, 3.63) is 65.6 Å². The monoisotopic (exact) mass is 307 g/mol. The van der Waals surface area contributed by atoms with Gasteiger partial charge in [0.2, 0.25) is 5.91 Å². The van der Waals surface area contributed by atoms with E-state index in [0.717, 1.165) is 28.2 Å². The average Bonchev–Trinajstić information content (AvgIpc) is 2.88. The van der Waals surface area contributed by atoms with Crippen LogP contribution in [0.25, 0.3) is 5.65 Å². The molecule has 4 nitrogen and oxygen atoms in total. The molecule has 4 heteroatoms. The van der Waals surface area contributed by atoms with Gasteiger partial charge in [0, 0.05) is 18.1 Å². The zero-order chi connectivity index (χ0) is 16.4. The van der Waals surface area contributed by atoms with Crippen LogP contribution in [0.2, 0.25) is 0 Å². The van der Waals surface area contributed by atoms with Gasteiger partial charge < -0.3 is 9.72 Å². The van der Waals surface area contributed by atoms with Gasteiger partial charge in [-0.15, -0.1) is 0 Å². The summed E-state index contributed by atoms with van der Waals surface area (Å²) in [4.78, 5) is 16.9. The first-order valence-corrected chi connectivity index (χ1v) is 7.86. The highest BCUT2D eigenvalue weighted by Crippen LogP contribution is 2.23. The summed E-state index contributed by atoms with van der Waals surface area (Å²) in [5.74, 6) is 0.322. The van der Waals surface area contributed by atoms with Crippen LogP contribution < -0.4 is 5.32 Å². The number of aryl methyl sites for hydroxylation is 1. The van der Waals surface area contributed by atoms with Gasteiger partial charge in [0.05, 0.1) is 12.1 Å². The number of imidazole rings is 1. The molecule has 118 valence electrons. The maximum Gasteiger partial charge on any atom is 0.230 e. The minimum absolute atomic E-state index is 0.0433. The third kappa shape index (κ3) is 3.42. The highest BCUT2D eigenvalue weighted by atomic mass is 16.1. The third-order valence-corrected chi connectivity index (χ3v) is 3.86. The van der Waals surface area contributed by atoms with E-state index in [4.69, 9.17) is 0 Å². The first-order valence-electron chi connectivity index (χ1n) is 7.86. The second-order valence-corrected chi connectivity index (χ2v) is 6.17. The normalized spacial score (nSPS) is 11.1. The van der Waals surface area contributed by atoms with Gasteiger partial charge in [-0.3, -0.25) is 4.79 Å². The number of pyridine rings is 1. The molecule has 0 saturated heterocycles. The summed E-state index contributed by atoms with van der Waals surface area (Å²) in [5.41, 5.74) is 4.83. The number of hydrogen-bond donors (Lipinski definition) is 1. The summed E-state index contributed by atoms with van der Waals surface area (Å²) in [5, 5.41) is 3.01. The van der Waals surface area contributed by atoms with Crippen LogP contribution in [-0.4, -0.2) is 15.3 Å². The first kappa shape index (κ1) is 15.3. The summed E-state index contributed by atoms with van der Waals surface area (Å²) < 4.78 is 1.94. The Labute approximate surface area is 136 Å². The van der Waals surface area contributed by atoms with Gasteiger partial charge in [-0.05, 0) is 42.2 Å². The number of hydrogen-bond acceptors (Lipinski definition) is 2. The van der Waals surface area contributed by atoms with Crippen molar-refractivity contribution in [1.82, 2.24) is 9.38 Å². The lowest BCUT2D eigenvalue weighted by molar-refractivity contribution is -0.115. The lowest BCUT2D eigenvalue weighted by Crippen LogP contribution is -2.16. The molecular weight excluding hydrogens is 286 g/mol. The molecule has 23 heavy (non-hydrogen) atoms. The molecule has 0 radical (unpaired) electrons. The SMILES string of the molecule is Cc1ccn2cc(CC(=O)Nc3ccccc3C(C)C)nc2c1. The van der Waals surface area contributed by atoms with Crippen molar-refractivity contribution in [1.29, 1.82) is 0 Å². The van der Waals surface area contributed by atoms with Gasteiger partial charge in [-0.2, -0.15) is 0 Å². The van der Waals surface area contributed by atoms with Crippen molar-refractivity contribution in [2.75, 3.05) is 5.32 Å². The van der Waals surface area contributed by atoms with E-state index < -0.39 is 0 Å². The maximum atomic E-state index is 12.3. The van der Waals surface area contributed by atoms with Gasteiger partial charge in [0.15, 0.2) is 0 Å². The van der Waals surface area contributed by atoms with Gasteiger partial charge in [-0.1, -0.05) is 32.0 Å². The summed E-state index contributed by atoms with van der Waals surface area (Å²) in [7, 11) is 0. The van der Waals surface area contributed by atoms with E-state index in [1.54, 1.807) is 0 Å². The number of aromatic nitrogens is 2. The van der Waals surface area contributed by atoms with Crippen molar-refractivity contribution < 1.29 is 4.79 Å². The predicted molar refractivity (Wildman–Crippen MR) is 92.8 cm³/mol. The van der Waals surface area contributed by atoms with E-state index in [0.29, 0.717) is 5.92 Å².